The Morgan fingerprint density at radius 2 is 1.63 bits per heavy atom. The SMILES string of the molecule is COc1ccc(CN(C(=O)COC(=O)COc2c(C)cc(C)cc2C)C2CC2)cc1. The van der Waals surface area contributed by atoms with Crippen molar-refractivity contribution in [3.63, 3.8) is 0 Å². The summed E-state index contributed by atoms with van der Waals surface area (Å²) in [6.07, 6.45) is 1.95. The minimum absolute atomic E-state index is 0.190. The van der Waals surface area contributed by atoms with Crippen LogP contribution in [0, 0.1) is 20.8 Å². The van der Waals surface area contributed by atoms with Gasteiger partial charge in [0.25, 0.3) is 5.91 Å². The third kappa shape index (κ3) is 5.75. The number of rotatable bonds is 9. The van der Waals surface area contributed by atoms with E-state index in [-0.39, 0.29) is 25.2 Å². The molecule has 1 fully saturated rings. The van der Waals surface area contributed by atoms with E-state index < -0.39 is 5.97 Å². The Bertz CT molecular complexity index is 879. The van der Waals surface area contributed by atoms with Crippen LogP contribution in [0.25, 0.3) is 0 Å². The van der Waals surface area contributed by atoms with E-state index in [1.54, 1.807) is 12.0 Å². The molecule has 30 heavy (non-hydrogen) atoms. The minimum Gasteiger partial charge on any atom is -0.497 e. The Morgan fingerprint density at radius 1 is 1.00 bits per heavy atom. The monoisotopic (exact) mass is 411 g/mol. The molecule has 0 saturated heterocycles. The second-order valence-corrected chi connectivity index (χ2v) is 7.78. The summed E-state index contributed by atoms with van der Waals surface area (Å²) in [4.78, 5) is 26.6. The van der Waals surface area contributed by atoms with Crippen LogP contribution in [-0.4, -0.2) is 43.1 Å². The lowest BCUT2D eigenvalue weighted by atomic mass is 10.1. The lowest BCUT2D eigenvalue weighted by Gasteiger charge is -2.22. The zero-order chi connectivity index (χ0) is 21.7. The van der Waals surface area contributed by atoms with Crippen LogP contribution in [0.2, 0.25) is 0 Å². The summed E-state index contributed by atoms with van der Waals surface area (Å²) < 4.78 is 16.0. The summed E-state index contributed by atoms with van der Waals surface area (Å²) >= 11 is 0. The van der Waals surface area contributed by atoms with Crippen LogP contribution in [0.15, 0.2) is 36.4 Å². The van der Waals surface area contributed by atoms with Gasteiger partial charge in [-0.3, -0.25) is 4.79 Å². The molecule has 1 aliphatic carbocycles. The molecule has 0 radical (unpaired) electrons. The molecule has 6 nitrogen and oxygen atoms in total. The number of methoxy groups -OCH3 is 1. The van der Waals surface area contributed by atoms with Gasteiger partial charge in [-0.25, -0.2) is 4.79 Å². The number of aryl methyl sites for hydroxylation is 3. The van der Waals surface area contributed by atoms with Gasteiger partial charge in [0.2, 0.25) is 0 Å². The molecular weight excluding hydrogens is 382 g/mol. The average Bonchev–Trinajstić information content (AvgIpc) is 3.55. The van der Waals surface area contributed by atoms with Crippen LogP contribution in [0.4, 0.5) is 0 Å². The highest BCUT2D eigenvalue weighted by atomic mass is 16.6. The van der Waals surface area contributed by atoms with Crippen molar-refractivity contribution in [2.24, 2.45) is 0 Å². The zero-order valence-corrected chi connectivity index (χ0v) is 18.1. The summed E-state index contributed by atoms with van der Waals surface area (Å²) in [7, 11) is 1.62. The molecular formula is C24H29NO5. The lowest BCUT2D eigenvalue weighted by molar-refractivity contribution is -0.154. The molecule has 0 heterocycles. The molecule has 2 aromatic rings. The van der Waals surface area contributed by atoms with E-state index in [0.29, 0.717) is 12.3 Å². The third-order valence-corrected chi connectivity index (χ3v) is 5.12. The quantitative estimate of drug-likeness (QED) is 0.588. The molecule has 1 saturated carbocycles. The fourth-order valence-corrected chi connectivity index (χ4v) is 3.53. The second-order valence-electron chi connectivity index (χ2n) is 7.78. The van der Waals surface area contributed by atoms with E-state index in [1.807, 2.05) is 57.2 Å². The third-order valence-electron chi connectivity index (χ3n) is 5.12. The maximum atomic E-state index is 12.7. The van der Waals surface area contributed by atoms with Crippen molar-refractivity contribution in [2.45, 2.75) is 46.2 Å². The molecule has 6 heteroatoms. The number of carbonyl (C=O) groups excluding carboxylic acids is 2. The predicted octanol–water partition coefficient (Wildman–Crippen LogP) is 3.73. The zero-order valence-electron chi connectivity index (χ0n) is 18.1. The van der Waals surface area contributed by atoms with E-state index in [1.165, 1.54) is 0 Å². The molecule has 160 valence electrons. The van der Waals surface area contributed by atoms with E-state index in [4.69, 9.17) is 14.2 Å². The second kappa shape index (κ2) is 9.65. The molecule has 1 amide bonds. The van der Waals surface area contributed by atoms with Gasteiger partial charge in [0.1, 0.15) is 11.5 Å². The van der Waals surface area contributed by atoms with Crippen molar-refractivity contribution >= 4 is 11.9 Å². The van der Waals surface area contributed by atoms with E-state index in [2.05, 4.69) is 0 Å². The highest BCUT2D eigenvalue weighted by Crippen LogP contribution is 2.29. The number of esters is 1. The maximum Gasteiger partial charge on any atom is 0.344 e. The fraction of sp³-hybridized carbons (Fsp3) is 0.417. The Labute approximate surface area is 177 Å². The molecule has 3 rings (SSSR count). The molecule has 0 bridgehead atoms. The molecule has 0 aliphatic heterocycles. The van der Waals surface area contributed by atoms with Crippen LogP contribution in [0.3, 0.4) is 0 Å². The largest absolute Gasteiger partial charge is 0.497 e. The average molecular weight is 411 g/mol. The predicted molar refractivity (Wildman–Crippen MR) is 114 cm³/mol. The van der Waals surface area contributed by atoms with Crippen molar-refractivity contribution in [3.05, 3.63) is 58.7 Å². The van der Waals surface area contributed by atoms with Crippen molar-refractivity contribution < 1.29 is 23.8 Å². The minimum atomic E-state index is -0.553. The number of nitrogens with zero attached hydrogens (tertiary/aromatic N) is 1. The molecule has 0 spiro atoms. The fourth-order valence-electron chi connectivity index (χ4n) is 3.53. The normalized spacial score (nSPS) is 12.9. The first-order chi connectivity index (χ1) is 14.4. The smallest absolute Gasteiger partial charge is 0.344 e. The van der Waals surface area contributed by atoms with Crippen LogP contribution in [-0.2, 0) is 20.9 Å². The molecule has 1 aliphatic rings. The van der Waals surface area contributed by atoms with Crippen molar-refractivity contribution in [1.29, 1.82) is 0 Å². The topological polar surface area (TPSA) is 65.1 Å². The first kappa shape index (κ1) is 21.7. The van der Waals surface area contributed by atoms with Crippen molar-refractivity contribution in [3.8, 4) is 11.5 Å². The van der Waals surface area contributed by atoms with Gasteiger partial charge in [-0.05, 0) is 62.4 Å². The van der Waals surface area contributed by atoms with Crippen LogP contribution in [0.1, 0.15) is 35.1 Å². The highest BCUT2D eigenvalue weighted by molar-refractivity contribution is 5.81. The maximum absolute atomic E-state index is 12.7. The lowest BCUT2D eigenvalue weighted by Crippen LogP contribution is -2.36. The Hall–Kier alpha value is -3.02. The van der Waals surface area contributed by atoms with Gasteiger partial charge in [-0.15, -0.1) is 0 Å². The van der Waals surface area contributed by atoms with E-state index in [9.17, 15) is 9.59 Å². The Kier molecular flexibility index (Phi) is 6.98. The number of benzene rings is 2. The van der Waals surface area contributed by atoms with Crippen LogP contribution < -0.4 is 9.47 Å². The molecule has 0 N–H and O–H groups in total. The van der Waals surface area contributed by atoms with Crippen LogP contribution >= 0.6 is 0 Å². The van der Waals surface area contributed by atoms with Gasteiger partial charge in [-0.1, -0.05) is 29.8 Å². The van der Waals surface area contributed by atoms with E-state index in [0.717, 1.165) is 40.8 Å². The summed E-state index contributed by atoms with van der Waals surface area (Å²) in [6.45, 7) is 5.89. The number of hydrogen-bond acceptors (Lipinski definition) is 5. The van der Waals surface area contributed by atoms with Crippen LogP contribution in [0.5, 0.6) is 11.5 Å². The van der Waals surface area contributed by atoms with Gasteiger partial charge in [0.15, 0.2) is 13.2 Å². The van der Waals surface area contributed by atoms with Gasteiger partial charge in [0, 0.05) is 12.6 Å². The van der Waals surface area contributed by atoms with Gasteiger partial charge < -0.3 is 19.1 Å². The van der Waals surface area contributed by atoms with Gasteiger partial charge in [0.05, 0.1) is 7.11 Å². The molecule has 0 aromatic heterocycles. The van der Waals surface area contributed by atoms with E-state index >= 15 is 0 Å². The Morgan fingerprint density at radius 3 is 2.20 bits per heavy atom. The number of amides is 1. The highest BCUT2D eigenvalue weighted by Gasteiger charge is 2.33. The number of hydrogen-bond donors (Lipinski definition) is 0. The molecule has 0 unspecified atom stereocenters. The summed E-state index contributed by atoms with van der Waals surface area (Å²) in [5.74, 6) is 0.714. The summed E-state index contributed by atoms with van der Waals surface area (Å²) in [5, 5.41) is 0. The standard InChI is InChI=1S/C24H29NO5/c1-16-11-17(2)24(18(3)12-16)30-15-23(27)29-14-22(26)25(20-7-8-20)13-19-5-9-21(28-4)10-6-19/h5-6,9-12,20H,7-8,13-15H2,1-4H3. The molecule has 2 aromatic carbocycles. The number of carbonyl (C=O) groups is 2. The summed E-state index contributed by atoms with van der Waals surface area (Å²) in [5.41, 5.74) is 4.09. The van der Waals surface area contributed by atoms with Crippen molar-refractivity contribution in [2.75, 3.05) is 20.3 Å². The molecule has 0 atom stereocenters. The Balaban J connectivity index is 1.51. The number of ether oxygens (including phenoxy) is 3. The first-order valence-corrected chi connectivity index (χ1v) is 10.2. The van der Waals surface area contributed by atoms with Crippen molar-refractivity contribution in [1.82, 2.24) is 4.90 Å². The first-order valence-electron chi connectivity index (χ1n) is 10.2. The van der Waals surface area contributed by atoms with Gasteiger partial charge in [-0.2, -0.15) is 0 Å². The summed E-state index contributed by atoms with van der Waals surface area (Å²) in [6, 6.07) is 11.8. The van der Waals surface area contributed by atoms with Gasteiger partial charge >= 0.3 is 5.97 Å².